The van der Waals surface area contributed by atoms with Crippen molar-refractivity contribution in [3.05, 3.63) is 94.8 Å². The van der Waals surface area contributed by atoms with Gasteiger partial charge in [0.05, 0.1) is 18.9 Å². The van der Waals surface area contributed by atoms with Gasteiger partial charge in [-0.05, 0) is 45.6 Å². The van der Waals surface area contributed by atoms with Gasteiger partial charge in [-0.3, -0.25) is 4.79 Å². The molecule has 2 aromatic rings. The SMILES string of the molecule is CC(C)=CC(=O)N(C)C/C=C/CC/C=C/C=C/CC(O)(CO[C@@H]1O[C@H](CO)[C@@H](O)[C@@H]1O)c1nc(C[C@@H](C)[C@H]2OC(=O)c3c(ccc(C)c3O)[C@@H]2O)co1. The Morgan fingerprint density at radius 3 is 2.51 bits per heavy atom. The highest BCUT2D eigenvalue weighted by Crippen LogP contribution is 2.39. The second-order valence-corrected chi connectivity index (χ2v) is 13.9. The van der Waals surface area contributed by atoms with Crippen molar-refractivity contribution in [3.63, 3.8) is 0 Å². The van der Waals surface area contributed by atoms with Crippen LogP contribution < -0.4 is 0 Å². The van der Waals surface area contributed by atoms with Gasteiger partial charge in [0.25, 0.3) is 0 Å². The summed E-state index contributed by atoms with van der Waals surface area (Å²) in [4.78, 5) is 30.9. The molecule has 14 heteroatoms. The van der Waals surface area contributed by atoms with Crippen LogP contribution in [0.4, 0.5) is 0 Å². The van der Waals surface area contributed by atoms with Gasteiger partial charge in [0, 0.05) is 37.6 Å². The van der Waals surface area contributed by atoms with Crippen molar-refractivity contribution < 1.29 is 58.9 Å². The van der Waals surface area contributed by atoms with Crippen LogP contribution in [0.3, 0.4) is 0 Å². The average molecular weight is 741 g/mol. The van der Waals surface area contributed by atoms with E-state index in [2.05, 4.69) is 4.98 Å². The molecule has 290 valence electrons. The Labute approximate surface area is 309 Å². The van der Waals surface area contributed by atoms with Gasteiger partial charge in [-0.25, -0.2) is 9.78 Å². The number of carbonyl (C=O) groups is 2. The van der Waals surface area contributed by atoms with E-state index in [1.54, 1.807) is 56.2 Å². The molecule has 1 amide bonds. The van der Waals surface area contributed by atoms with Crippen LogP contribution in [0.5, 0.6) is 5.75 Å². The van der Waals surface area contributed by atoms with E-state index in [4.69, 9.17) is 18.6 Å². The van der Waals surface area contributed by atoms with Crippen LogP contribution in [0.1, 0.15) is 79.2 Å². The lowest BCUT2D eigenvalue weighted by atomic mass is 9.86. The summed E-state index contributed by atoms with van der Waals surface area (Å²) < 4.78 is 22.4. The summed E-state index contributed by atoms with van der Waals surface area (Å²) in [5, 5.41) is 63.2. The highest BCUT2D eigenvalue weighted by atomic mass is 16.7. The third-order valence-corrected chi connectivity index (χ3v) is 9.19. The number of phenols is 1. The number of oxazole rings is 1. The molecule has 0 saturated carbocycles. The summed E-state index contributed by atoms with van der Waals surface area (Å²) in [5.74, 6) is -1.59. The van der Waals surface area contributed by atoms with Crippen LogP contribution in [0.15, 0.2) is 70.9 Å². The van der Waals surface area contributed by atoms with Crippen LogP contribution in [0.2, 0.25) is 0 Å². The predicted molar refractivity (Wildman–Crippen MR) is 192 cm³/mol. The van der Waals surface area contributed by atoms with Crippen molar-refractivity contribution in [3.8, 4) is 5.75 Å². The lowest BCUT2D eigenvalue weighted by Crippen LogP contribution is -2.38. The Hall–Kier alpha value is -4.15. The van der Waals surface area contributed by atoms with E-state index in [9.17, 15) is 40.2 Å². The van der Waals surface area contributed by atoms with Gasteiger partial charge in [-0.2, -0.15) is 0 Å². The van der Waals surface area contributed by atoms with Crippen LogP contribution >= 0.6 is 0 Å². The number of allylic oxidation sites excluding steroid dienone is 5. The highest BCUT2D eigenvalue weighted by Gasteiger charge is 2.45. The smallest absolute Gasteiger partial charge is 0.342 e. The highest BCUT2D eigenvalue weighted by molar-refractivity contribution is 5.96. The minimum atomic E-state index is -1.86. The second kappa shape index (κ2) is 18.7. The van der Waals surface area contributed by atoms with Crippen molar-refractivity contribution >= 4 is 11.9 Å². The summed E-state index contributed by atoms with van der Waals surface area (Å²) in [6.45, 7) is 6.66. The van der Waals surface area contributed by atoms with Gasteiger partial charge in [-0.1, -0.05) is 61.1 Å². The Kier molecular flexibility index (Phi) is 14.7. The number of aromatic nitrogens is 1. The molecular weight excluding hydrogens is 688 g/mol. The van der Waals surface area contributed by atoms with Crippen LogP contribution in [-0.4, -0.2) is 110 Å². The summed E-state index contributed by atoms with van der Waals surface area (Å²) >= 11 is 0. The zero-order valence-electron chi connectivity index (χ0n) is 30.8. The van der Waals surface area contributed by atoms with Crippen LogP contribution in [0, 0.1) is 12.8 Å². The summed E-state index contributed by atoms with van der Waals surface area (Å²) in [7, 11) is 1.75. The molecule has 1 saturated heterocycles. The number of fused-ring (bicyclic) bond motifs is 1. The molecule has 1 aromatic heterocycles. The Bertz CT molecular complexity index is 1680. The van der Waals surface area contributed by atoms with Crippen molar-refractivity contribution in [1.82, 2.24) is 9.88 Å². The lowest BCUT2D eigenvalue weighted by molar-refractivity contribution is -0.201. The van der Waals surface area contributed by atoms with Gasteiger partial charge >= 0.3 is 5.97 Å². The van der Waals surface area contributed by atoms with E-state index in [-0.39, 0.29) is 41.5 Å². The molecular formula is C39H52N2O12. The summed E-state index contributed by atoms with van der Waals surface area (Å²) in [6.07, 6.45) is 8.34. The first-order valence-electron chi connectivity index (χ1n) is 17.7. The number of ether oxygens (including phenoxy) is 3. The number of aromatic hydroxyl groups is 1. The Balaban J connectivity index is 1.40. The molecule has 2 aliphatic rings. The monoisotopic (exact) mass is 740 g/mol. The fraction of sp³-hybridized carbons (Fsp3) is 0.513. The number of carbonyl (C=O) groups excluding carboxylic acids is 2. The average Bonchev–Trinajstić information content (AvgIpc) is 3.70. The van der Waals surface area contributed by atoms with Gasteiger partial charge < -0.3 is 54.2 Å². The number of nitrogens with zero attached hydrogens (tertiary/aromatic N) is 2. The minimum Gasteiger partial charge on any atom is -0.507 e. The number of aliphatic hydroxyl groups excluding tert-OH is 4. The Morgan fingerprint density at radius 2 is 1.81 bits per heavy atom. The quantitative estimate of drug-likeness (QED) is 0.0453. The number of esters is 1. The molecule has 0 bridgehead atoms. The number of phenolic OH excluding ortho intramolecular Hbond substituents is 1. The standard InChI is InChI=1S/C39H52N2O12/c1-23(2)18-29(43)41(5)17-13-11-9-7-6-8-10-12-16-39(49,22-51-37-34(47)33(46)28(20-42)52-37)38-40-26(21-50-38)19-25(4)35-32(45)27-15-14-24(3)31(44)30(27)36(48)53-35/h6,8,10-15,18,21,25,28,32-35,37,42,44-47,49H,7,9,16-17,19-20,22H2,1-5H3/b8-6+,12-10+,13-11+/t25-,28-,32+,33-,34+,35-,37-,39?/m1/s1. The molecule has 4 rings (SSSR count). The maximum atomic E-state index is 12.8. The van der Waals surface area contributed by atoms with Gasteiger partial charge in [0.15, 0.2) is 11.9 Å². The van der Waals surface area contributed by atoms with E-state index in [0.717, 1.165) is 18.4 Å². The maximum Gasteiger partial charge on any atom is 0.342 e. The first kappa shape index (κ1) is 41.6. The molecule has 1 unspecified atom stereocenters. The summed E-state index contributed by atoms with van der Waals surface area (Å²) in [6, 6.07) is 3.21. The molecule has 2 aliphatic heterocycles. The summed E-state index contributed by atoms with van der Waals surface area (Å²) in [5.41, 5.74) is 0.168. The molecule has 0 radical (unpaired) electrons. The number of aliphatic hydroxyl groups is 5. The molecule has 6 N–H and O–H groups in total. The van der Waals surface area contributed by atoms with Gasteiger partial charge in [0.2, 0.25) is 11.8 Å². The molecule has 0 aliphatic carbocycles. The van der Waals surface area contributed by atoms with Crippen molar-refractivity contribution in [2.75, 3.05) is 26.8 Å². The maximum absolute atomic E-state index is 12.8. The molecule has 1 fully saturated rings. The van der Waals surface area contributed by atoms with Crippen LogP contribution in [-0.2, 0) is 31.0 Å². The number of benzene rings is 1. The molecule has 53 heavy (non-hydrogen) atoms. The number of hydrogen-bond donors (Lipinski definition) is 6. The second-order valence-electron chi connectivity index (χ2n) is 13.9. The normalized spacial score (nSPS) is 24.8. The van der Waals surface area contributed by atoms with E-state index in [1.807, 2.05) is 38.2 Å². The van der Waals surface area contributed by atoms with Crippen molar-refractivity contribution in [2.24, 2.45) is 5.92 Å². The number of amides is 1. The minimum absolute atomic E-state index is 0.0355. The third kappa shape index (κ3) is 10.5. The predicted octanol–water partition coefficient (Wildman–Crippen LogP) is 3.05. The van der Waals surface area contributed by atoms with E-state index in [0.29, 0.717) is 17.8 Å². The number of likely N-dealkylation sites (N-methyl/N-ethyl adjacent to an activating group) is 1. The lowest BCUT2D eigenvalue weighted by Gasteiger charge is -2.33. The Morgan fingerprint density at radius 1 is 1.09 bits per heavy atom. The van der Waals surface area contributed by atoms with E-state index >= 15 is 0 Å². The van der Waals surface area contributed by atoms with Crippen molar-refractivity contribution in [1.29, 1.82) is 0 Å². The number of hydrogen-bond acceptors (Lipinski definition) is 13. The fourth-order valence-corrected chi connectivity index (χ4v) is 6.02. The van der Waals surface area contributed by atoms with E-state index < -0.39 is 67.5 Å². The number of unbranched alkanes of at least 4 members (excludes halogenated alkanes) is 1. The molecule has 14 nitrogen and oxygen atoms in total. The molecule has 3 heterocycles. The van der Waals surface area contributed by atoms with Gasteiger partial charge in [-0.15, -0.1) is 0 Å². The number of cyclic esters (lactones) is 1. The third-order valence-electron chi connectivity index (χ3n) is 9.19. The van der Waals surface area contributed by atoms with Crippen LogP contribution in [0.25, 0.3) is 0 Å². The molecule has 8 atom stereocenters. The number of rotatable bonds is 17. The molecule has 1 aromatic carbocycles. The first-order chi connectivity index (χ1) is 25.2. The topological polar surface area (TPSA) is 212 Å². The zero-order chi connectivity index (χ0) is 38.9. The first-order valence-corrected chi connectivity index (χ1v) is 17.7. The number of aryl methyl sites for hydroxylation is 1. The zero-order valence-corrected chi connectivity index (χ0v) is 30.8. The van der Waals surface area contributed by atoms with Crippen molar-refractivity contribution in [2.45, 2.75) is 95.8 Å². The molecule has 0 spiro atoms. The van der Waals surface area contributed by atoms with Gasteiger partial charge in [0.1, 0.15) is 48.1 Å². The fourth-order valence-electron chi connectivity index (χ4n) is 6.02. The van der Waals surface area contributed by atoms with E-state index in [1.165, 1.54) is 6.26 Å². The largest absolute Gasteiger partial charge is 0.507 e.